The first-order valence-electron chi connectivity index (χ1n) is 8.45. The molecule has 3 rings (SSSR count). The minimum atomic E-state index is 0.152. The Bertz CT molecular complexity index is 792. The lowest BCUT2D eigenvalue weighted by Gasteiger charge is -2.08. The predicted molar refractivity (Wildman–Crippen MR) is 99.4 cm³/mol. The van der Waals surface area contributed by atoms with E-state index in [0.29, 0.717) is 13.0 Å². The zero-order chi connectivity index (χ0) is 16.8. The second-order valence-corrected chi connectivity index (χ2v) is 6.97. The van der Waals surface area contributed by atoms with Gasteiger partial charge in [0.1, 0.15) is 5.82 Å². The Labute approximate surface area is 146 Å². The number of hydrogen-bond acceptors (Lipinski definition) is 3. The molecule has 5 heteroatoms. The van der Waals surface area contributed by atoms with E-state index in [1.807, 2.05) is 25.1 Å². The molecule has 4 nitrogen and oxygen atoms in total. The van der Waals surface area contributed by atoms with Crippen molar-refractivity contribution in [1.29, 1.82) is 0 Å². The van der Waals surface area contributed by atoms with Crippen LogP contribution < -0.4 is 5.32 Å². The number of nitrogens with zero attached hydrogens (tertiary/aromatic N) is 2. The molecule has 0 aliphatic heterocycles. The number of nitrogens with one attached hydrogen (secondary N) is 1. The summed E-state index contributed by atoms with van der Waals surface area (Å²) in [5.41, 5.74) is 2.20. The summed E-state index contributed by atoms with van der Waals surface area (Å²) in [5.74, 6) is 1.18. The van der Waals surface area contributed by atoms with Crippen LogP contribution in [0.1, 0.15) is 30.0 Å². The van der Waals surface area contributed by atoms with Crippen molar-refractivity contribution in [3.8, 4) is 0 Å². The van der Waals surface area contributed by atoms with Crippen molar-refractivity contribution >= 4 is 28.3 Å². The fraction of sp³-hybridized carbons (Fsp3) is 0.368. The number of carbonyl (C=O) groups is 1. The van der Waals surface area contributed by atoms with Crippen molar-refractivity contribution in [2.24, 2.45) is 0 Å². The summed E-state index contributed by atoms with van der Waals surface area (Å²) in [5, 5.41) is 5.10. The maximum Gasteiger partial charge on any atom is 0.220 e. The van der Waals surface area contributed by atoms with Crippen LogP contribution in [0.25, 0.3) is 11.0 Å². The van der Waals surface area contributed by atoms with Gasteiger partial charge in [-0.05, 0) is 49.8 Å². The minimum Gasteiger partial charge on any atom is -0.356 e. The number of hydrogen-bond donors (Lipinski definition) is 1. The van der Waals surface area contributed by atoms with Crippen molar-refractivity contribution in [1.82, 2.24) is 14.9 Å². The van der Waals surface area contributed by atoms with Crippen molar-refractivity contribution in [2.45, 2.75) is 39.2 Å². The number of fused-ring (bicyclic) bond motifs is 1. The van der Waals surface area contributed by atoms with E-state index in [9.17, 15) is 4.79 Å². The summed E-state index contributed by atoms with van der Waals surface area (Å²) in [7, 11) is 0. The Morgan fingerprint density at radius 2 is 2.08 bits per heavy atom. The van der Waals surface area contributed by atoms with Gasteiger partial charge in [0, 0.05) is 24.4 Å². The first kappa shape index (κ1) is 16.7. The van der Waals surface area contributed by atoms with Crippen LogP contribution in [-0.2, 0) is 17.8 Å². The van der Waals surface area contributed by atoms with Crippen LogP contribution in [0.4, 0.5) is 0 Å². The molecular formula is C19H23N3OS. The second kappa shape index (κ2) is 8.11. The van der Waals surface area contributed by atoms with E-state index in [2.05, 4.69) is 38.4 Å². The Morgan fingerprint density at radius 3 is 2.92 bits per heavy atom. The highest BCUT2D eigenvalue weighted by molar-refractivity contribution is 7.09. The maximum absolute atomic E-state index is 11.9. The van der Waals surface area contributed by atoms with Crippen LogP contribution in [0, 0.1) is 6.92 Å². The van der Waals surface area contributed by atoms with Gasteiger partial charge >= 0.3 is 0 Å². The average molecular weight is 341 g/mol. The maximum atomic E-state index is 11.9. The molecule has 24 heavy (non-hydrogen) atoms. The van der Waals surface area contributed by atoms with Crippen LogP contribution in [0.2, 0.25) is 0 Å². The first-order chi connectivity index (χ1) is 11.7. The fourth-order valence-electron chi connectivity index (χ4n) is 2.91. The number of imidazole rings is 1. The van der Waals surface area contributed by atoms with E-state index < -0.39 is 0 Å². The molecule has 1 amide bonds. The molecule has 0 aliphatic rings. The van der Waals surface area contributed by atoms with Gasteiger partial charge < -0.3 is 9.88 Å². The summed E-state index contributed by atoms with van der Waals surface area (Å²) < 4.78 is 2.22. The summed E-state index contributed by atoms with van der Waals surface area (Å²) in [6.45, 7) is 3.62. The molecule has 1 aromatic carbocycles. The van der Waals surface area contributed by atoms with Gasteiger partial charge in [-0.1, -0.05) is 18.2 Å². The number of amides is 1. The molecule has 2 aromatic heterocycles. The molecule has 0 saturated carbocycles. The molecule has 0 fully saturated rings. The van der Waals surface area contributed by atoms with E-state index in [4.69, 9.17) is 0 Å². The Hall–Kier alpha value is -2.14. The normalized spacial score (nSPS) is 11.0. The van der Waals surface area contributed by atoms with Gasteiger partial charge in [-0.2, -0.15) is 0 Å². The van der Waals surface area contributed by atoms with Gasteiger partial charge in [-0.3, -0.25) is 4.79 Å². The number of rotatable bonds is 8. The van der Waals surface area contributed by atoms with Crippen molar-refractivity contribution in [3.63, 3.8) is 0 Å². The lowest BCUT2D eigenvalue weighted by Crippen LogP contribution is -2.25. The van der Waals surface area contributed by atoms with Crippen molar-refractivity contribution in [3.05, 3.63) is 52.5 Å². The third-order valence-corrected chi connectivity index (χ3v) is 5.07. The lowest BCUT2D eigenvalue weighted by molar-refractivity contribution is -0.121. The molecule has 0 radical (unpaired) electrons. The monoisotopic (exact) mass is 341 g/mol. The number of aromatic nitrogens is 2. The molecule has 3 aromatic rings. The summed E-state index contributed by atoms with van der Waals surface area (Å²) >= 11 is 1.76. The number of aryl methyl sites for hydroxylation is 3. The number of benzene rings is 1. The van der Waals surface area contributed by atoms with Crippen LogP contribution in [0.15, 0.2) is 41.8 Å². The minimum absolute atomic E-state index is 0.152. The zero-order valence-corrected chi connectivity index (χ0v) is 14.8. The molecule has 0 spiro atoms. The molecule has 126 valence electrons. The van der Waals surface area contributed by atoms with Gasteiger partial charge in [0.25, 0.3) is 0 Å². The molecule has 0 unspecified atom stereocenters. The highest BCUT2D eigenvalue weighted by Gasteiger charge is 2.06. The molecule has 0 saturated heterocycles. The molecule has 0 atom stereocenters. The topological polar surface area (TPSA) is 46.9 Å². The average Bonchev–Trinajstić information content (AvgIpc) is 3.19. The van der Waals surface area contributed by atoms with E-state index in [0.717, 1.165) is 42.7 Å². The molecular weight excluding hydrogens is 318 g/mol. The fourth-order valence-corrected chi connectivity index (χ4v) is 3.66. The zero-order valence-electron chi connectivity index (χ0n) is 14.0. The van der Waals surface area contributed by atoms with Crippen molar-refractivity contribution < 1.29 is 4.79 Å². The highest BCUT2D eigenvalue weighted by atomic mass is 32.1. The van der Waals surface area contributed by atoms with Gasteiger partial charge in [0.05, 0.1) is 11.0 Å². The van der Waals surface area contributed by atoms with E-state index in [1.165, 1.54) is 4.88 Å². The van der Waals surface area contributed by atoms with Crippen LogP contribution in [0.5, 0.6) is 0 Å². The lowest BCUT2D eigenvalue weighted by atomic mass is 10.2. The smallest absolute Gasteiger partial charge is 0.220 e. The summed E-state index contributed by atoms with van der Waals surface area (Å²) in [6.07, 6.45) is 3.42. The molecule has 2 heterocycles. The molecule has 0 aliphatic carbocycles. The molecule has 1 N–H and O–H groups in total. The predicted octanol–water partition coefficient (Wildman–Crippen LogP) is 3.94. The highest BCUT2D eigenvalue weighted by Crippen LogP contribution is 2.15. The summed E-state index contributed by atoms with van der Waals surface area (Å²) in [6, 6.07) is 12.4. The Balaban J connectivity index is 1.38. The van der Waals surface area contributed by atoms with E-state index in [1.54, 1.807) is 11.3 Å². The Kier molecular flexibility index (Phi) is 5.64. The number of thiophene rings is 1. The third kappa shape index (κ3) is 4.23. The van der Waals surface area contributed by atoms with Crippen LogP contribution in [0.3, 0.4) is 0 Å². The van der Waals surface area contributed by atoms with E-state index >= 15 is 0 Å². The number of para-hydroxylation sites is 2. The van der Waals surface area contributed by atoms with E-state index in [-0.39, 0.29) is 5.91 Å². The van der Waals surface area contributed by atoms with Crippen LogP contribution in [-0.4, -0.2) is 22.0 Å². The van der Waals surface area contributed by atoms with Crippen molar-refractivity contribution in [2.75, 3.05) is 6.54 Å². The number of carbonyl (C=O) groups excluding carboxylic acids is 1. The standard InChI is InChI=1S/C19H23N3OS/c1-15-21-17-9-2-3-10-18(17)22(15)13-6-12-20-19(23)11-4-7-16-8-5-14-24-16/h2-3,5,8-10,14H,4,6-7,11-13H2,1H3,(H,20,23). The SMILES string of the molecule is Cc1nc2ccccc2n1CCCNC(=O)CCCc1cccs1. The third-order valence-electron chi connectivity index (χ3n) is 4.13. The Morgan fingerprint density at radius 1 is 1.21 bits per heavy atom. The van der Waals surface area contributed by atoms with Gasteiger partial charge in [-0.15, -0.1) is 11.3 Å². The molecule has 0 bridgehead atoms. The van der Waals surface area contributed by atoms with Crippen LogP contribution >= 0.6 is 11.3 Å². The largest absolute Gasteiger partial charge is 0.356 e. The van der Waals surface area contributed by atoms with Gasteiger partial charge in [0.15, 0.2) is 0 Å². The van der Waals surface area contributed by atoms with Gasteiger partial charge in [-0.25, -0.2) is 4.98 Å². The first-order valence-corrected chi connectivity index (χ1v) is 9.33. The summed E-state index contributed by atoms with van der Waals surface area (Å²) in [4.78, 5) is 17.8. The second-order valence-electron chi connectivity index (χ2n) is 5.94. The van der Waals surface area contributed by atoms with Gasteiger partial charge in [0.2, 0.25) is 5.91 Å². The quantitative estimate of drug-likeness (QED) is 0.631.